The lowest BCUT2D eigenvalue weighted by molar-refractivity contribution is -0.355. The van der Waals surface area contributed by atoms with Crippen LogP contribution in [0, 0.1) is 22.7 Å². The van der Waals surface area contributed by atoms with Gasteiger partial charge in [0.05, 0.1) is 59.8 Å². The number of Topliss-reactive ketones (excluding diaryl/α,β-unsaturated/α-hetero) is 1. The van der Waals surface area contributed by atoms with Crippen LogP contribution in [-0.4, -0.2) is 197 Å². The van der Waals surface area contributed by atoms with Crippen molar-refractivity contribution < 1.29 is 97.1 Å². The molecule has 6 N–H and O–H groups in total. The van der Waals surface area contributed by atoms with Crippen LogP contribution in [0.25, 0.3) is 6.08 Å². The van der Waals surface area contributed by atoms with E-state index in [0.717, 1.165) is 5.56 Å². The van der Waals surface area contributed by atoms with Crippen LogP contribution in [0.3, 0.4) is 0 Å². The lowest BCUT2D eigenvalue weighted by atomic mass is 9.40. The number of ether oxygens (including phenoxy) is 12. The van der Waals surface area contributed by atoms with Gasteiger partial charge in [0, 0.05) is 46.7 Å². The fourth-order valence-electron chi connectivity index (χ4n) is 15.4. The van der Waals surface area contributed by atoms with Crippen molar-refractivity contribution in [3.8, 4) is 0 Å². The van der Waals surface area contributed by atoms with Gasteiger partial charge in [-0.25, -0.2) is 4.79 Å². The summed E-state index contributed by atoms with van der Waals surface area (Å²) >= 11 is 0. The first-order valence-electron chi connectivity index (χ1n) is 27.9. The molecule has 1 aromatic rings. The van der Waals surface area contributed by atoms with E-state index in [-0.39, 0.29) is 50.5 Å². The highest BCUT2D eigenvalue weighted by Crippen LogP contribution is 2.72. The van der Waals surface area contributed by atoms with E-state index in [1.165, 1.54) is 20.1 Å². The predicted molar refractivity (Wildman–Crippen MR) is 272 cm³/mol. The van der Waals surface area contributed by atoms with Crippen LogP contribution < -0.4 is 0 Å². The number of ketones is 1. The third-order valence-electron chi connectivity index (χ3n) is 20.0. The van der Waals surface area contributed by atoms with E-state index in [1.54, 1.807) is 48.0 Å². The highest BCUT2D eigenvalue weighted by molar-refractivity contribution is 5.88. The summed E-state index contributed by atoms with van der Waals surface area (Å²) in [5.41, 5.74) is -7.07. The number of carbonyl (C=O) groups is 2. The van der Waals surface area contributed by atoms with Gasteiger partial charge in [-0.2, -0.15) is 0 Å². The Morgan fingerprint density at radius 2 is 1.23 bits per heavy atom. The minimum Gasteiger partial charge on any atom is -0.458 e. The molecule has 9 rings (SSSR count). The number of aliphatic hydroxyl groups is 6. The SMILES string of the molecule is COC1CC(OC2CCC3(C)C(CCC4(O)C3CC(OC(=O)C=Cc3ccccc3)C3(C)C(O)(C(C)=O)CCC43O)C2)OC(C)C1OC1CC(O)C(OC2CC(OC)C(OC3OC(C)C(O)C(OC)C3O)C(C)O2)C(C)O1. The molecule has 26 atom stereocenters. The zero-order chi connectivity index (χ0) is 55.6. The highest BCUT2D eigenvalue weighted by atomic mass is 16.8. The molecule has 77 heavy (non-hydrogen) atoms. The monoisotopic (exact) mass is 1090 g/mol. The van der Waals surface area contributed by atoms with E-state index in [4.69, 9.17) is 56.8 Å². The number of fused-ring (bicyclic) bond motifs is 5. The van der Waals surface area contributed by atoms with E-state index in [0.29, 0.717) is 32.1 Å². The second-order valence-corrected chi connectivity index (χ2v) is 24.0. The number of hydrogen-bond acceptors (Lipinski definition) is 20. The van der Waals surface area contributed by atoms with E-state index < -0.39 is 156 Å². The van der Waals surface area contributed by atoms with Crippen molar-refractivity contribution in [1.29, 1.82) is 0 Å². The Balaban J connectivity index is 0.793. The van der Waals surface area contributed by atoms with Crippen molar-refractivity contribution in [2.24, 2.45) is 22.7 Å². The maximum absolute atomic E-state index is 13.6. The molecule has 20 nitrogen and oxygen atoms in total. The Bertz CT molecular complexity index is 2210. The van der Waals surface area contributed by atoms with Crippen molar-refractivity contribution in [3.63, 3.8) is 0 Å². The standard InChI is InChI=1S/C57H86O20/c1-29-46(61)51(68-10)47(62)52(72-29)77-50-32(4)71-45(27-39(50)67-9)75-48-30(2)69-43(25-37(48)59)76-49-31(3)70-44(26-38(49)66-8)73-36-19-20-53(6)35(24-36)18-21-56(64)40(53)28-41(74-42(60)17-16-34-14-12-11-13-15-34)54(7)55(63,33(5)58)22-23-57(54,56)65/h11-17,29-32,35-41,43-52,59,61-65H,18-28H2,1-10H3. The molecule has 0 spiro atoms. The molecule has 8 fully saturated rings. The molecule has 0 aromatic heterocycles. The lowest BCUT2D eigenvalue weighted by Crippen LogP contribution is -2.79. The molecule has 1 aromatic carbocycles. The van der Waals surface area contributed by atoms with E-state index in [1.807, 2.05) is 37.3 Å². The van der Waals surface area contributed by atoms with Gasteiger partial charge < -0.3 is 87.5 Å². The van der Waals surface area contributed by atoms with E-state index in [9.17, 15) is 40.2 Å². The number of esters is 1. The normalized spacial score (nSPS) is 50.1. The van der Waals surface area contributed by atoms with Gasteiger partial charge in [-0.05, 0) is 122 Å². The molecule has 4 aliphatic heterocycles. The second-order valence-electron chi connectivity index (χ2n) is 24.0. The van der Waals surface area contributed by atoms with Gasteiger partial charge in [-0.15, -0.1) is 0 Å². The smallest absolute Gasteiger partial charge is 0.331 e. The molecule has 4 aliphatic carbocycles. The molecular formula is C57H86O20. The molecule has 434 valence electrons. The van der Waals surface area contributed by atoms with Gasteiger partial charge >= 0.3 is 5.97 Å². The first-order chi connectivity index (χ1) is 36.4. The van der Waals surface area contributed by atoms with Crippen molar-refractivity contribution >= 4 is 17.8 Å². The van der Waals surface area contributed by atoms with Gasteiger partial charge in [-0.3, -0.25) is 4.79 Å². The number of hydrogen-bond donors (Lipinski definition) is 6. The van der Waals surface area contributed by atoms with E-state index >= 15 is 0 Å². The molecule has 4 saturated carbocycles. The van der Waals surface area contributed by atoms with Gasteiger partial charge in [0.2, 0.25) is 0 Å². The van der Waals surface area contributed by atoms with Crippen molar-refractivity contribution in [2.45, 2.75) is 253 Å². The van der Waals surface area contributed by atoms with Crippen LogP contribution in [0.2, 0.25) is 0 Å². The van der Waals surface area contributed by atoms with Crippen LogP contribution >= 0.6 is 0 Å². The van der Waals surface area contributed by atoms with Gasteiger partial charge in [0.25, 0.3) is 0 Å². The third kappa shape index (κ3) is 10.5. The Morgan fingerprint density at radius 3 is 1.84 bits per heavy atom. The Labute approximate surface area is 452 Å². The Hall–Kier alpha value is -2.58. The fraction of sp³-hybridized carbons (Fsp3) is 0.825. The number of aliphatic hydroxyl groups excluding tert-OH is 3. The molecule has 20 heteroatoms. The van der Waals surface area contributed by atoms with Crippen LogP contribution in [-0.2, 0) is 66.4 Å². The quantitative estimate of drug-likeness (QED) is 0.0832. The first-order valence-corrected chi connectivity index (χ1v) is 27.9. The maximum Gasteiger partial charge on any atom is 0.331 e. The van der Waals surface area contributed by atoms with E-state index in [2.05, 4.69) is 6.92 Å². The van der Waals surface area contributed by atoms with Gasteiger partial charge in [0.15, 0.2) is 30.9 Å². The maximum atomic E-state index is 13.6. The van der Waals surface area contributed by atoms with Crippen LogP contribution in [0.1, 0.15) is 125 Å². The van der Waals surface area contributed by atoms with Crippen molar-refractivity contribution in [2.75, 3.05) is 21.3 Å². The Morgan fingerprint density at radius 1 is 0.636 bits per heavy atom. The number of carbonyl (C=O) groups excluding carboxylic acids is 2. The molecule has 0 bridgehead atoms. The summed E-state index contributed by atoms with van der Waals surface area (Å²) in [5, 5.41) is 71.0. The van der Waals surface area contributed by atoms with Crippen LogP contribution in [0.5, 0.6) is 0 Å². The number of rotatable bonds is 15. The minimum atomic E-state index is -2.04. The lowest BCUT2D eigenvalue weighted by Gasteiger charge is -2.69. The first kappa shape index (κ1) is 59.1. The average molecular weight is 1090 g/mol. The molecule has 4 heterocycles. The van der Waals surface area contributed by atoms with Crippen LogP contribution in [0.15, 0.2) is 36.4 Å². The summed E-state index contributed by atoms with van der Waals surface area (Å²) in [4.78, 5) is 27.0. The molecular weight excluding hydrogens is 1000 g/mol. The summed E-state index contributed by atoms with van der Waals surface area (Å²) in [5.74, 6) is -1.68. The number of methoxy groups -OCH3 is 3. The summed E-state index contributed by atoms with van der Waals surface area (Å²) in [7, 11) is 4.56. The largest absolute Gasteiger partial charge is 0.458 e. The number of benzene rings is 1. The zero-order valence-electron chi connectivity index (χ0n) is 46.3. The van der Waals surface area contributed by atoms with Gasteiger partial charge in [-0.1, -0.05) is 37.3 Å². The molecule has 26 unspecified atom stereocenters. The fourth-order valence-corrected chi connectivity index (χ4v) is 15.4. The topological polar surface area (TPSA) is 266 Å². The molecule has 0 amide bonds. The second kappa shape index (κ2) is 23.0. The molecule has 4 saturated heterocycles. The molecule has 8 aliphatic rings. The summed E-state index contributed by atoms with van der Waals surface area (Å²) < 4.78 is 74.2. The van der Waals surface area contributed by atoms with Gasteiger partial charge in [0.1, 0.15) is 53.9 Å². The minimum absolute atomic E-state index is 0.0323. The summed E-state index contributed by atoms with van der Waals surface area (Å²) in [6.45, 7) is 12.2. The summed E-state index contributed by atoms with van der Waals surface area (Å²) in [6.07, 6.45) is -7.72. The third-order valence-corrected chi connectivity index (χ3v) is 20.0. The summed E-state index contributed by atoms with van der Waals surface area (Å²) in [6, 6.07) is 9.29. The average Bonchev–Trinajstić information content (AvgIpc) is 3.95. The Kier molecular flexibility index (Phi) is 17.6. The van der Waals surface area contributed by atoms with Crippen molar-refractivity contribution in [1.82, 2.24) is 0 Å². The predicted octanol–water partition coefficient (Wildman–Crippen LogP) is 3.63. The van der Waals surface area contributed by atoms with Crippen LogP contribution in [0.4, 0.5) is 0 Å². The zero-order valence-corrected chi connectivity index (χ0v) is 46.3. The highest BCUT2D eigenvalue weighted by Gasteiger charge is 2.82. The van der Waals surface area contributed by atoms with Crippen molar-refractivity contribution in [3.05, 3.63) is 42.0 Å². The molecule has 0 radical (unpaired) electrons.